The lowest BCUT2D eigenvalue weighted by Gasteiger charge is -2.02. The van der Waals surface area contributed by atoms with E-state index in [1.165, 1.54) is 10.4 Å². The third-order valence-electron chi connectivity index (χ3n) is 2.31. The molecule has 0 aliphatic carbocycles. The topological polar surface area (TPSA) is 21.6 Å². The van der Waals surface area contributed by atoms with Crippen molar-refractivity contribution in [1.29, 1.82) is 0 Å². The molecule has 0 radical (unpaired) electrons. The third-order valence-corrected chi connectivity index (χ3v) is 3.26. The quantitative estimate of drug-likeness (QED) is 0.736. The molecule has 2 nitrogen and oxygen atoms in total. The van der Waals surface area contributed by atoms with E-state index in [0.29, 0.717) is 0 Å². The van der Waals surface area contributed by atoms with Gasteiger partial charge in [-0.15, -0.1) is 11.3 Å². The Morgan fingerprint density at radius 1 is 1.25 bits per heavy atom. The second-order valence-corrected chi connectivity index (χ2v) is 4.35. The van der Waals surface area contributed by atoms with Gasteiger partial charge in [0.05, 0.1) is 7.11 Å². The van der Waals surface area contributed by atoms with Gasteiger partial charge in [0.2, 0.25) is 0 Å². The van der Waals surface area contributed by atoms with Crippen molar-refractivity contribution < 1.29 is 4.74 Å². The minimum absolute atomic E-state index is 0.799. The molecule has 16 heavy (non-hydrogen) atoms. The lowest BCUT2D eigenvalue weighted by atomic mass is 10.3. The van der Waals surface area contributed by atoms with Gasteiger partial charge in [-0.25, -0.2) is 0 Å². The monoisotopic (exact) mass is 231 g/mol. The number of hydrogen-bond acceptors (Lipinski definition) is 3. The molecule has 0 aliphatic heterocycles. The van der Waals surface area contributed by atoms with Gasteiger partial charge in [-0.05, 0) is 36.1 Å². The molecular weight excluding hydrogens is 218 g/mol. The van der Waals surface area contributed by atoms with Crippen LogP contribution in [-0.2, 0) is 0 Å². The van der Waals surface area contributed by atoms with E-state index in [4.69, 9.17) is 4.74 Å². The number of benzene rings is 1. The molecule has 0 unspecified atom stereocenters. The van der Waals surface area contributed by atoms with Crippen LogP contribution in [0, 0.1) is 6.92 Å². The summed E-state index contributed by atoms with van der Waals surface area (Å²) < 4.78 is 5.24. The van der Waals surface area contributed by atoms with E-state index in [-0.39, 0.29) is 0 Å². The first-order chi connectivity index (χ1) is 7.81. The Hall–Kier alpha value is -1.61. The van der Waals surface area contributed by atoms with Crippen LogP contribution < -0.4 is 4.74 Å². The number of nitrogens with zero attached hydrogens (tertiary/aromatic N) is 1. The number of para-hydroxylation sites is 2. The zero-order chi connectivity index (χ0) is 11.4. The molecule has 0 spiro atoms. The van der Waals surface area contributed by atoms with Gasteiger partial charge in [0.15, 0.2) is 0 Å². The number of aryl methyl sites for hydroxylation is 1. The predicted molar refractivity (Wildman–Crippen MR) is 69.3 cm³/mol. The summed E-state index contributed by atoms with van der Waals surface area (Å²) in [6.45, 7) is 2.08. The second kappa shape index (κ2) is 4.94. The van der Waals surface area contributed by atoms with Gasteiger partial charge < -0.3 is 4.74 Å². The number of hydrogen-bond donors (Lipinski definition) is 0. The molecule has 0 aliphatic rings. The van der Waals surface area contributed by atoms with Gasteiger partial charge in [0, 0.05) is 11.1 Å². The average molecular weight is 231 g/mol. The Bertz CT molecular complexity index is 502. The summed E-state index contributed by atoms with van der Waals surface area (Å²) in [6.07, 6.45) is 1.89. The molecule has 0 atom stereocenters. The maximum absolute atomic E-state index is 5.24. The first kappa shape index (κ1) is 10.9. The normalized spacial score (nSPS) is 10.9. The van der Waals surface area contributed by atoms with Gasteiger partial charge >= 0.3 is 0 Å². The summed E-state index contributed by atoms with van der Waals surface area (Å²) in [6, 6.07) is 9.84. The lowest BCUT2D eigenvalue weighted by Crippen LogP contribution is -1.83. The SMILES string of the molecule is COc1ccccc1/N=C/c1sccc1C. The van der Waals surface area contributed by atoms with Crippen LogP contribution in [-0.4, -0.2) is 13.3 Å². The molecule has 1 aromatic heterocycles. The van der Waals surface area contributed by atoms with E-state index in [1.807, 2.05) is 30.5 Å². The highest BCUT2D eigenvalue weighted by Crippen LogP contribution is 2.26. The fourth-order valence-corrected chi connectivity index (χ4v) is 2.17. The molecule has 0 saturated carbocycles. The van der Waals surface area contributed by atoms with E-state index in [2.05, 4.69) is 23.4 Å². The molecule has 0 amide bonds. The van der Waals surface area contributed by atoms with Gasteiger partial charge in [0.1, 0.15) is 11.4 Å². The molecule has 2 aromatic rings. The van der Waals surface area contributed by atoms with E-state index in [1.54, 1.807) is 18.4 Å². The predicted octanol–water partition coefficient (Wildman–Crippen LogP) is 3.82. The maximum Gasteiger partial charge on any atom is 0.144 e. The number of ether oxygens (including phenoxy) is 1. The smallest absolute Gasteiger partial charge is 0.144 e. The van der Waals surface area contributed by atoms with Crippen LogP contribution in [0.3, 0.4) is 0 Å². The van der Waals surface area contributed by atoms with Crippen LogP contribution >= 0.6 is 11.3 Å². The number of thiophene rings is 1. The van der Waals surface area contributed by atoms with Gasteiger partial charge in [-0.3, -0.25) is 4.99 Å². The highest BCUT2D eigenvalue weighted by Gasteiger charge is 1.99. The molecule has 3 heteroatoms. The summed E-state index contributed by atoms with van der Waals surface area (Å²) in [4.78, 5) is 5.63. The molecule has 82 valence electrons. The molecule has 0 saturated heterocycles. The first-order valence-corrected chi connectivity index (χ1v) is 5.90. The number of rotatable bonds is 3. The average Bonchev–Trinajstić information content (AvgIpc) is 2.72. The Labute approximate surface area is 99.2 Å². The van der Waals surface area contributed by atoms with Crippen molar-refractivity contribution in [2.24, 2.45) is 4.99 Å². The molecular formula is C13H13NOS. The van der Waals surface area contributed by atoms with Crippen molar-refractivity contribution in [2.45, 2.75) is 6.92 Å². The summed E-state index contributed by atoms with van der Waals surface area (Å²) in [5, 5.41) is 2.07. The molecule has 2 rings (SSSR count). The van der Waals surface area contributed by atoms with Crippen LogP contribution in [0.25, 0.3) is 0 Å². The highest BCUT2D eigenvalue weighted by molar-refractivity contribution is 7.11. The molecule has 1 heterocycles. The fourth-order valence-electron chi connectivity index (χ4n) is 1.38. The fraction of sp³-hybridized carbons (Fsp3) is 0.154. The van der Waals surface area contributed by atoms with Gasteiger partial charge in [-0.1, -0.05) is 12.1 Å². The largest absolute Gasteiger partial charge is 0.494 e. The van der Waals surface area contributed by atoms with Crippen molar-refractivity contribution in [2.75, 3.05) is 7.11 Å². The Balaban J connectivity index is 2.27. The zero-order valence-corrected chi connectivity index (χ0v) is 10.1. The van der Waals surface area contributed by atoms with Crippen LogP contribution in [0.5, 0.6) is 5.75 Å². The van der Waals surface area contributed by atoms with Crippen molar-refractivity contribution >= 4 is 23.2 Å². The van der Waals surface area contributed by atoms with Crippen molar-refractivity contribution in [3.63, 3.8) is 0 Å². The molecule has 1 aromatic carbocycles. The van der Waals surface area contributed by atoms with E-state index < -0.39 is 0 Å². The third kappa shape index (κ3) is 2.31. The molecule has 0 fully saturated rings. The Kier molecular flexibility index (Phi) is 3.37. The summed E-state index contributed by atoms with van der Waals surface area (Å²) in [7, 11) is 1.66. The van der Waals surface area contributed by atoms with Crippen molar-refractivity contribution in [3.05, 3.63) is 46.2 Å². The second-order valence-electron chi connectivity index (χ2n) is 3.40. The van der Waals surface area contributed by atoms with Crippen molar-refractivity contribution in [3.8, 4) is 5.75 Å². The summed E-state index contributed by atoms with van der Waals surface area (Å²) >= 11 is 1.69. The minimum atomic E-state index is 0.799. The van der Waals surface area contributed by atoms with Crippen LogP contribution in [0.1, 0.15) is 10.4 Å². The standard InChI is InChI=1S/C13H13NOS/c1-10-7-8-16-13(10)9-14-11-5-3-4-6-12(11)15-2/h3-9H,1-2H3/b14-9+. The van der Waals surface area contributed by atoms with Crippen LogP contribution in [0.4, 0.5) is 5.69 Å². The van der Waals surface area contributed by atoms with Crippen LogP contribution in [0.2, 0.25) is 0 Å². The van der Waals surface area contributed by atoms with Gasteiger partial charge in [-0.2, -0.15) is 0 Å². The molecule has 0 N–H and O–H groups in total. The first-order valence-electron chi connectivity index (χ1n) is 5.02. The van der Waals surface area contributed by atoms with Crippen LogP contribution in [0.15, 0.2) is 40.7 Å². The van der Waals surface area contributed by atoms with Gasteiger partial charge in [0.25, 0.3) is 0 Å². The zero-order valence-electron chi connectivity index (χ0n) is 9.31. The van der Waals surface area contributed by atoms with E-state index in [0.717, 1.165) is 11.4 Å². The summed E-state index contributed by atoms with van der Waals surface area (Å²) in [5.74, 6) is 0.799. The van der Waals surface area contributed by atoms with Crippen molar-refractivity contribution in [1.82, 2.24) is 0 Å². The Morgan fingerprint density at radius 3 is 2.75 bits per heavy atom. The number of methoxy groups -OCH3 is 1. The Morgan fingerprint density at radius 2 is 2.06 bits per heavy atom. The number of aliphatic imine (C=N–C) groups is 1. The highest BCUT2D eigenvalue weighted by atomic mass is 32.1. The molecule has 0 bridgehead atoms. The minimum Gasteiger partial charge on any atom is -0.494 e. The van der Waals surface area contributed by atoms with E-state index in [9.17, 15) is 0 Å². The van der Waals surface area contributed by atoms with E-state index >= 15 is 0 Å². The summed E-state index contributed by atoms with van der Waals surface area (Å²) in [5.41, 5.74) is 2.11. The maximum atomic E-state index is 5.24. The lowest BCUT2D eigenvalue weighted by molar-refractivity contribution is 0.416.